The maximum atomic E-state index is 6.38. The van der Waals surface area contributed by atoms with E-state index < -0.39 is 0 Å². The van der Waals surface area contributed by atoms with Gasteiger partial charge in [0.15, 0.2) is 0 Å². The monoisotopic (exact) mass is 467 g/mol. The Balaban J connectivity index is 1.41. The lowest BCUT2D eigenvalue weighted by atomic mass is 9.87. The van der Waals surface area contributed by atoms with Crippen LogP contribution in [0.1, 0.15) is 34.8 Å². The number of nitrogens with zero attached hydrogens (tertiary/aromatic N) is 2. The van der Waals surface area contributed by atoms with Gasteiger partial charge in [-0.3, -0.25) is 4.90 Å². The molecule has 0 bridgehead atoms. The quantitative estimate of drug-likeness (QED) is 0.383. The van der Waals surface area contributed by atoms with Crippen LogP contribution in [-0.2, 0) is 23.4 Å². The average molecular weight is 468 g/mol. The topological polar surface area (TPSA) is 27.7 Å². The molecule has 1 atom stereocenters. The Hall–Kier alpha value is -3.18. The van der Waals surface area contributed by atoms with Crippen molar-refractivity contribution in [2.45, 2.75) is 31.2 Å². The van der Waals surface area contributed by atoms with E-state index in [0.717, 1.165) is 19.5 Å². The first-order chi connectivity index (χ1) is 17.1. The maximum Gasteiger partial charge on any atom is 0.0861 e. The highest BCUT2D eigenvalue weighted by molar-refractivity contribution is 5.38. The molecule has 3 aromatic rings. The Labute approximate surface area is 210 Å². The van der Waals surface area contributed by atoms with Gasteiger partial charge in [0, 0.05) is 18.9 Å². The van der Waals surface area contributed by atoms with E-state index in [0.29, 0.717) is 6.61 Å². The van der Waals surface area contributed by atoms with Crippen LogP contribution in [0.4, 0.5) is 0 Å². The molecule has 4 heteroatoms. The SMILES string of the molecule is CNCC[C@@H](OCc1cccc(CN2C=CC(c3ccccc3)(N(C)C)C=C2)c1)c1ccccc1. The van der Waals surface area contributed by atoms with Crippen LogP contribution in [0, 0.1) is 0 Å². The van der Waals surface area contributed by atoms with Crippen LogP contribution < -0.4 is 5.32 Å². The number of benzene rings is 3. The van der Waals surface area contributed by atoms with Gasteiger partial charge < -0.3 is 15.0 Å². The summed E-state index contributed by atoms with van der Waals surface area (Å²) in [5.41, 5.74) is 4.73. The van der Waals surface area contributed by atoms with Crippen molar-refractivity contribution in [3.8, 4) is 0 Å². The van der Waals surface area contributed by atoms with E-state index in [9.17, 15) is 0 Å². The van der Waals surface area contributed by atoms with E-state index in [1.807, 2.05) is 13.1 Å². The summed E-state index contributed by atoms with van der Waals surface area (Å²) in [5, 5.41) is 3.24. The zero-order chi connectivity index (χ0) is 24.5. The predicted octanol–water partition coefficient (Wildman–Crippen LogP) is 5.85. The van der Waals surface area contributed by atoms with Crippen LogP contribution in [-0.4, -0.2) is 37.5 Å². The van der Waals surface area contributed by atoms with E-state index in [1.54, 1.807) is 0 Å². The molecule has 0 amide bonds. The minimum absolute atomic E-state index is 0.0809. The highest BCUT2D eigenvalue weighted by Gasteiger charge is 2.31. The lowest BCUT2D eigenvalue weighted by molar-refractivity contribution is 0.0343. The third-order valence-corrected chi connectivity index (χ3v) is 6.65. The minimum atomic E-state index is -0.229. The third kappa shape index (κ3) is 6.29. The smallest absolute Gasteiger partial charge is 0.0861 e. The zero-order valence-corrected chi connectivity index (χ0v) is 21.1. The number of ether oxygens (including phenoxy) is 1. The fourth-order valence-electron chi connectivity index (χ4n) is 4.60. The summed E-state index contributed by atoms with van der Waals surface area (Å²) in [6, 6.07) is 29.9. The van der Waals surface area contributed by atoms with Crippen LogP contribution in [0.3, 0.4) is 0 Å². The van der Waals surface area contributed by atoms with E-state index >= 15 is 0 Å². The molecule has 4 nitrogen and oxygen atoms in total. The first kappa shape index (κ1) is 24.9. The zero-order valence-electron chi connectivity index (χ0n) is 21.1. The van der Waals surface area contributed by atoms with Gasteiger partial charge in [-0.1, -0.05) is 84.9 Å². The van der Waals surface area contributed by atoms with Crippen LogP contribution in [0.5, 0.6) is 0 Å². The Morgan fingerprint density at radius 1 is 0.857 bits per heavy atom. The summed E-state index contributed by atoms with van der Waals surface area (Å²) in [6.45, 7) is 2.34. The van der Waals surface area contributed by atoms with Crippen molar-refractivity contribution in [3.63, 3.8) is 0 Å². The number of likely N-dealkylation sites (N-methyl/N-ethyl adjacent to an activating group) is 1. The molecule has 4 rings (SSSR count). The molecule has 1 aliphatic heterocycles. The Morgan fingerprint density at radius 3 is 2.17 bits per heavy atom. The lowest BCUT2D eigenvalue weighted by Crippen LogP contribution is -2.40. The van der Waals surface area contributed by atoms with Crippen molar-refractivity contribution < 1.29 is 4.74 Å². The van der Waals surface area contributed by atoms with Crippen LogP contribution in [0.15, 0.2) is 109 Å². The molecule has 0 fully saturated rings. The van der Waals surface area contributed by atoms with Gasteiger partial charge in [0.2, 0.25) is 0 Å². The lowest BCUT2D eigenvalue weighted by Gasteiger charge is -2.38. The van der Waals surface area contributed by atoms with Crippen LogP contribution in [0.2, 0.25) is 0 Å². The maximum absolute atomic E-state index is 6.38. The fourth-order valence-corrected chi connectivity index (χ4v) is 4.60. The van der Waals surface area contributed by atoms with Gasteiger partial charge in [0.05, 0.1) is 18.2 Å². The second-order valence-electron chi connectivity index (χ2n) is 9.31. The normalized spacial score (nSPS) is 15.5. The summed E-state index contributed by atoms with van der Waals surface area (Å²) >= 11 is 0. The number of rotatable bonds is 11. The van der Waals surface area contributed by atoms with Crippen molar-refractivity contribution in [1.82, 2.24) is 15.1 Å². The highest BCUT2D eigenvalue weighted by Crippen LogP contribution is 2.33. The second-order valence-corrected chi connectivity index (χ2v) is 9.31. The van der Waals surface area contributed by atoms with Gasteiger partial charge in [0.25, 0.3) is 0 Å². The van der Waals surface area contributed by atoms with E-state index in [2.05, 4.69) is 133 Å². The van der Waals surface area contributed by atoms with Gasteiger partial charge in [0.1, 0.15) is 0 Å². The average Bonchev–Trinajstić information content (AvgIpc) is 2.90. The molecule has 0 radical (unpaired) electrons. The van der Waals surface area contributed by atoms with Gasteiger partial charge in [-0.25, -0.2) is 0 Å². The first-order valence-corrected chi connectivity index (χ1v) is 12.4. The summed E-state index contributed by atoms with van der Waals surface area (Å²) in [5.74, 6) is 0. The van der Waals surface area contributed by atoms with Crippen molar-refractivity contribution >= 4 is 0 Å². The summed E-state index contributed by atoms with van der Waals surface area (Å²) in [6.07, 6.45) is 9.97. The number of nitrogens with one attached hydrogen (secondary N) is 1. The van der Waals surface area contributed by atoms with Gasteiger partial charge >= 0.3 is 0 Å². The largest absolute Gasteiger partial charge is 0.369 e. The Bertz CT molecular complexity index is 1090. The Morgan fingerprint density at radius 2 is 1.51 bits per heavy atom. The third-order valence-electron chi connectivity index (χ3n) is 6.65. The molecule has 1 heterocycles. The molecule has 0 saturated heterocycles. The van der Waals surface area contributed by atoms with Gasteiger partial charge in [-0.05, 0) is 68.5 Å². The molecule has 0 unspecified atom stereocenters. The molecule has 1 aliphatic rings. The van der Waals surface area contributed by atoms with Crippen molar-refractivity contribution in [2.24, 2.45) is 0 Å². The fraction of sp³-hybridized carbons (Fsp3) is 0.290. The first-order valence-electron chi connectivity index (χ1n) is 12.4. The van der Waals surface area contributed by atoms with E-state index in [1.165, 1.54) is 22.3 Å². The minimum Gasteiger partial charge on any atom is -0.369 e. The summed E-state index contributed by atoms with van der Waals surface area (Å²) < 4.78 is 6.38. The van der Waals surface area contributed by atoms with Crippen LogP contribution >= 0.6 is 0 Å². The summed E-state index contributed by atoms with van der Waals surface area (Å²) in [7, 11) is 6.23. The molecule has 35 heavy (non-hydrogen) atoms. The molecule has 0 aromatic heterocycles. The number of hydrogen-bond acceptors (Lipinski definition) is 4. The predicted molar refractivity (Wildman–Crippen MR) is 145 cm³/mol. The molecule has 0 spiro atoms. The number of hydrogen-bond donors (Lipinski definition) is 1. The van der Waals surface area contributed by atoms with Crippen molar-refractivity contribution in [1.29, 1.82) is 0 Å². The van der Waals surface area contributed by atoms with Crippen molar-refractivity contribution in [2.75, 3.05) is 27.7 Å². The van der Waals surface area contributed by atoms with Gasteiger partial charge in [-0.2, -0.15) is 0 Å². The molecule has 0 aliphatic carbocycles. The molecule has 3 aromatic carbocycles. The molecule has 0 saturated carbocycles. The van der Waals surface area contributed by atoms with E-state index in [-0.39, 0.29) is 11.6 Å². The molecular formula is C31H37N3O. The highest BCUT2D eigenvalue weighted by atomic mass is 16.5. The molecule has 1 N–H and O–H groups in total. The van der Waals surface area contributed by atoms with Gasteiger partial charge in [-0.15, -0.1) is 0 Å². The molecule has 182 valence electrons. The second kappa shape index (κ2) is 12.0. The summed E-state index contributed by atoms with van der Waals surface area (Å²) in [4.78, 5) is 4.49. The van der Waals surface area contributed by atoms with Crippen LogP contribution in [0.25, 0.3) is 0 Å². The van der Waals surface area contributed by atoms with Crippen molar-refractivity contribution in [3.05, 3.63) is 132 Å². The standard InChI is InChI=1S/C31H37N3O/c1-32-20-17-30(28-13-6-4-7-14-28)35-25-27-12-10-11-26(23-27)24-34-21-18-31(19-22-34,33(2)3)29-15-8-5-9-16-29/h4-16,18-19,21-23,30,32H,17,20,24-25H2,1-3H3/t30-/m1/s1. The molecular weight excluding hydrogens is 430 g/mol. The van der Waals surface area contributed by atoms with E-state index in [4.69, 9.17) is 4.74 Å². The Kier molecular flexibility index (Phi) is 8.54.